The lowest BCUT2D eigenvalue weighted by Gasteiger charge is -2.14. The van der Waals surface area contributed by atoms with E-state index in [-0.39, 0.29) is 30.6 Å². The van der Waals surface area contributed by atoms with E-state index in [2.05, 4.69) is 20.4 Å². The van der Waals surface area contributed by atoms with Crippen molar-refractivity contribution in [2.75, 3.05) is 0 Å². The number of rotatable bonds is 6. The number of aromatic nitrogens is 6. The highest BCUT2D eigenvalue weighted by Gasteiger charge is 2.40. The van der Waals surface area contributed by atoms with Crippen LogP contribution in [0, 0.1) is 0 Å². The van der Waals surface area contributed by atoms with Gasteiger partial charge in [-0.05, 0) is 42.5 Å². The summed E-state index contributed by atoms with van der Waals surface area (Å²) in [5.41, 5.74) is 2.03. The van der Waals surface area contributed by atoms with Crippen LogP contribution in [0.3, 0.4) is 0 Å². The molecule has 1 saturated carbocycles. The number of alkyl halides is 3. The molecule has 0 radical (unpaired) electrons. The van der Waals surface area contributed by atoms with E-state index in [4.69, 9.17) is 11.6 Å². The summed E-state index contributed by atoms with van der Waals surface area (Å²) in [5, 5.41) is 7.55. The molecule has 5 heterocycles. The Morgan fingerprint density at radius 2 is 2.03 bits per heavy atom. The van der Waals surface area contributed by atoms with E-state index in [0.717, 1.165) is 22.8 Å². The van der Waals surface area contributed by atoms with E-state index in [1.165, 1.54) is 29.3 Å². The predicted molar refractivity (Wildman–Crippen MR) is 125 cm³/mol. The molecule has 1 amide bonds. The zero-order valence-electron chi connectivity index (χ0n) is 18.7. The fourth-order valence-electron chi connectivity index (χ4n) is 4.38. The summed E-state index contributed by atoms with van der Waals surface area (Å²) in [6, 6.07) is 6.65. The van der Waals surface area contributed by atoms with Gasteiger partial charge in [-0.25, -0.2) is 9.97 Å². The second kappa shape index (κ2) is 8.37. The average Bonchev–Trinajstić information content (AvgIpc) is 3.24. The lowest BCUT2D eigenvalue weighted by molar-refractivity contribution is -0.142. The monoisotopic (exact) mass is 513 g/mol. The first-order valence-electron chi connectivity index (χ1n) is 11.3. The number of carbonyl (C=O) groups is 1. The van der Waals surface area contributed by atoms with Gasteiger partial charge in [0.05, 0.1) is 48.1 Å². The molecule has 1 aliphatic rings. The molecule has 184 valence electrons. The molecule has 1 aliphatic carbocycles. The third-order valence-electron chi connectivity index (χ3n) is 6.21. The number of imidazole rings is 2. The third-order valence-corrected chi connectivity index (χ3v) is 6.45. The average molecular weight is 514 g/mol. The number of halogens is 4. The molecule has 0 aliphatic heterocycles. The Hall–Kier alpha value is -3.86. The summed E-state index contributed by atoms with van der Waals surface area (Å²) >= 11 is 6.05. The minimum absolute atomic E-state index is 0.0544. The Morgan fingerprint density at radius 1 is 1.19 bits per heavy atom. The van der Waals surface area contributed by atoms with Gasteiger partial charge in [0, 0.05) is 23.6 Å². The summed E-state index contributed by atoms with van der Waals surface area (Å²) in [6.07, 6.45) is 4.78. The molecule has 12 heteroatoms. The van der Waals surface area contributed by atoms with E-state index in [1.807, 2.05) is 0 Å². The van der Waals surface area contributed by atoms with Crippen LogP contribution >= 0.6 is 11.6 Å². The molecule has 1 fully saturated rings. The van der Waals surface area contributed by atoms with Gasteiger partial charge in [0.25, 0.3) is 5.91 Å². The van der Waals surface area contributed by atoms with E-state index in [1.54, 1.807) is 35.1 Å². The van der Waals surface area contributed by atoms with Crippen LogP contribution in [-0.4, -0.2) is 34.5 Å². The van der Waals surface area contributed by atoms with Crippen molar-refractivity contribution < 1.29 is 18.0 Å². The number of nitrogens with zero attached hydrogens (tertiary/aromatic N) is 6. The Morgan fingerprint density at radius 3 is 2.81 bits per heavy atom. The minimum atomic E-state index is -4.49. The number of fused-ring (bicyclic) bond motifs is 2. The molecule has 0 unspecified atom stereocenters. The van der Waals surface area contributed by atoms with Crippen LogP contribution in [0.15, 0.2) is 55.4 Å². The lowest BCUT2D eigenvalue weighted by Crippen LogP contribution is -2.22. The largest absolute Gasteiger partial charge is 0.432 e. The molecule has 6 rings (SSSR count). The second-order valence-corrected chi connectivity index (χ2v) is 9.24. The van der Waals surface area contributed by atoms with Gasteiger partial charge in [0.2, 0.25) is 0 Å². The fraction of sp³-hybridized carbons (Fsp3) is 0.250. The SMILES string of the molecule is O=C(NCc1ncn2ccc(Cl)cc12)c1cnn(Cc2cn3c(C(F)(F)F)c(C4CC4)ccc3n2)c1. The highest BCUT2D eigenvalue weighted by atomic mass is 35.5. The minimum Gasteiger partial charge on any atom is -0.346 e. The molecule has 0 bridgehead atoms. The zero-order valence-corrected chi connectivity index (χ0v) is 19.5. The van der Waals surface area contributed by atoms with Crippen molar-refractivity contribution in [1.82, 2.24) is 33.9 Å². The number of hydrogen-bond donors (Lipinski definition) is 1. The molecule has 1 N–H and O–H groups in total. The first-order valence-corrected chi connectivity index (χ1v) is 11.6. The highest BCUT2D eigenvalue weighted by molar-refractivity contribution is 6.30. The Balaban J connectivity index is 1.18. The van der Waals surface area contributed by atoms with Crippen molar-refractivity contribution in [3.8, 4) is 0 Å². The Labute approximate surface area is 207 Å². The predicted octanol–water partition coefficient (Wildman–Crippen LogP) is 4.71. The van der Waals surface area contributed by atoms with Crippen LogP contribution in [0.1, 0.15) is 51.8 Å². The van der Waals surface area contributed by atoms with Gasteiger partial charge < -0.3 is 9.72 Å². The van der Waals surface area contributed by atoms with Gasteiger partial charge in [-0.3, -0.25) is 13.9 Å². The summed E-state index contributed by atoms with van der Waals surface area (Å²) in [7, 11) is 0. The number of pyridine rings is 2. The first kappa shape index (κ1) is 22.6. The van der Waals surface area contributed by atoms with Crippen molar-refractivity contribution in [3.05, 3.63) is 88.6 Å². The van der Waals surface area contributed by atoms with E-state index < -0.39 is 11.9 Å². The van der Waals surface area contributed by atoms with Crippen LogP contribution in [0.5, 0.6) is 0 Å². The summed E-state index contributed by atoms with van der Waals surface area (Å²) in [4.78, 5) is 21.3. The molecule has 0 aromatic carbocycles. The molecule has 36 heavy (non-hydrogen) atoms. The van der Waals surface area contributed by atoms with Crippen LogP contribution in [0.2, 0.25) is 5.02 Å². The molecule has 0 atom stereocenters. The summed E-state index contributed by atoms with van der Waals surface area (Å²) in [6.45, 7) is 0.312. The zero-order chi connectivity index (χ0) is 25.0. The number of carbonyl (C=O) groups excluding carboxylic acids is 1. The van der Waals surface area contributed by atoms with E-state index >= 15 is 0 Å². The highest BCUT2D eigenvalue weighted by Crippen LogP contribution is 2.46. The maximum atomic E-state index is 13.9. The molecule has 0 spiro atoms. The number of nitrogens with one attached hydrogen (secondary N) is 1. The number of amides is 1. The Kier molecular flexibility index (Phi) is 5.25. The molecular weight excluding hydrogens is 495 g/mol. The Bertz CT molecular complexity index is 1610. The maximum Gasteiger partial charge on any atom is 0.432 e. The van der Waals surface area contributed by atoms with Gasteiger partial charge in [-0.15, -0.1) is 0 Å². The van der Waals surface area contributed by atoms with E-state index in [0.29, 0.717) is 27.5 Å². The van der Waals surface area contributed by atoms with Gasteiger partial charge in [-0.1, -0.05) is 17.7 Å². The standard InChI is InChI=1S/C24H19ClF3N7O/c25-16-5-6-33-13-30-19(20(33)7-16)9-29-23(36)15-8-31-34(10-15)11-17-12-35-21(32-17)4-3-18(14-1-2-14)22(35)24(26,27)28/h3-8,10,12-14H,1-2,9,11H2,(H,29,36). The maximum absolute atomic E-state index is 13.9. The molecule has 5 aromatic heterocycles. The van der Waals surface area contributed by atoms with Gasteiger partial charge in [-0.2, -0.15) is 18.3 Å². The van der Waals surface area contributed by atoms with Crippen molar-refractivity contribution in [2.24, 2.45) is 0 Å². The smallest absolute Gasteiger partial charge is 0.346 e. The van der Waals surface area contributed by atoms with Crippen LogP contribution in [0.4, 0.5) is 13.2 Å². The molecule has 8 nitrogen and oxygen atoms in total. The third kappa shape index (κ3) is 4.19. The normalized spacial score (nSPS) is 14.1. The quantitative estimate of drug-likeness (QED) is 0.357. The molecule has 0 saturated heterocycles. The molecular formula is C24H19ClF3N7O. The summed E-state index contributed by atoms with van der Waals surface area (Å²) in [5.74, 6) is -0.408. The van der Waals surface area contributed by atoms with Crippen molar-refractivity contribution in [1.29, 1.82) is 0 Å². The van der Waals surface area contributed by atoms with Gasteiger partial charge in [0.1, 0.15) is 11.3 Å². The van der Waals surface area contributed by atoms with Crippen LogP contribution in [-0.2, 0) is 19.3 Å². The van der Waals surface area contributed by atoms with Crippen LogP contribution < -0.4 is 5.32 Å². The van der Waals surface area contributed by atoms with Crippen molar-refractivity contribution in [3.63, 3.8) is 0 Å². The lowest BCUT2D eigenvalue weighted by atomic mass is 10.1. The number of hydrogen-bond acceptors (Lipinski definition) is 4. The second-order valence-electron chi connectivity index (χ2n) is 8.81. The first-order chi connectivity index (χ1) is 17.3. The van der Waals surface area contributed by atoms with Crippen molar-refractivity contribution >= 4 is 28.7 Å². The van der Waals surface area contributed by atoms with Crippen LogP contribution in [0.25, 0.3) is 11.2 Å². The van der Waals surface area contributed by atoms with Crippen molar-refractivity contribution in [2.45, 2.75) is 38.0 Å². The fourth-order valence-corrected chi connectivity index (χ4v) is 4.54. The summed E-state index contributed by atoms with van der Waals surface area (Å²) < 4.78 is 45.9. The van der Waals surface area contributed by atoms with Gasteiger partial charge in [0.15, 0.2) is 0 Å². The van der Waals surface area contributed by atoms with Gasteiger partial charge >= 0.3 is 6.18 Å². The van der Waals surface area contributed by atoms with E-state index in [9.17, 15) is 18.0 Å². The topological polar surface area (TPSA) is 81.5 Å². The molecule has 5 aromatic rings.